The minimum atomic E-state index is -3.37. The number of likely N-dealkylation sites (tertiary alicyclic amines) is 1. The van der Waals surface area contributed by atoms with Gasteiger partial charge >= 0.3 is 0 Å². The minimum Gasteiger partial charge on any atom is -0.369 e. The first kappa shape index (κ1) is 16.2. The van der Waals surface area contributed by atoms with E-state index in [4.69, 9.17) is 5.73 Å². The smallest absolute Gasteiger partial charge is 0.241 e. The van der Waals surface area contributed by atoms with Crippen molar-refractivity contribution in [2.24, 2.45) is 11.7 Å². The highest BCUT2D eigenvalue weighted by Crippen LogP contribution is 2.24. The van der Waals surface area contributed by atoms with Gasteiger partial charge in [-0.1, -0.05) is 6.42 Å². The molecule has 2 aliphatic heterocycles. The molecule has 7 nitrogen and oxygen atoms in total. The highest BCUT2D eigenvalue weighted by Gasteiger charge is 2.38. The molecule has 0 aromatic rings. The molecule has 2 heterocycles. The lowest BCUT2D eigenvalue weighted by Gasteiger charge is -2.38. The molecule has 0 bridgehead atoms. The lowest BCUT2D eigenvalue weighted by Crippen LogP contribution is -2.54. The van der Waals surface area contributed by atoms with Crippen LogP contribution in [0.1, 0.15) is 32.1 Å². The van der Waals surface area contributed by atoms with Crippen molar-refractivity contribution in [2.75, 3.05) is 25.9 Å². The van der Waals surface area contributed by atoms with Crippen molar-refractivity contribution in [1.82, 2.24) is 9.21 Å². The third kappa shape index (κ3) is 3.74. The van der Waals surface area contributed by atoms with Crippen molar-refractivity contribution in [1.29, 1.82) is 0 Å². The van der Waals surface area contributed by atoms with Crippen LogP contribution in [-0.2, 0) is 19.6 Å². The Labute approximate surface area is 125 Å². The molecule has 2 fully saturated rings. The van der Waals surface area contributed by atoms with Gasteiger partial charge in [0.2, 0.25) is 21.8 Å². The normalized spacial score (nSPS) is 25.8. The molecule has 2 saturated heterocycles. The molecule has 2 N–H and O–H groups in total. The fourth-order valence-electron chi connectivity index (χ4n) is 3.14. The van der Waals surface area contributed by atoms with Crippen molar-refractivity contribution in [2.45, 2.75) is 38.1 Å². The first-order chi connectivity index (χ1) is 9.80. The number of sulfonamides is 1. The van der Waals surface area contributed by atoms with Crippen molar-refractivity contribution < 1.29 is 18.0 Å². The second-order valence-electron chi connectivity index (χ2n) is 5.89. The van der Waals surface area contributed by atoms with Crippen LogP contribution in [0.5, 0.6) is 0 Å². The number of carbonyl (C=O) groups excluding carboxylic acids is 2. The van der Waals surface area contributed by atoms with Gasteiger partial charge in [0.05, 0.1) is 6.26 Å². The van der Waals surface area contributed by atoms with Crippen molar-refractivity contribution in [3.63, 3.8) is 0 Å². The molecular weight excluding hydrogens is 294 g/mol. The zero-order valence-electron chi connectivity index (χ0n) is 12.3. The standard InChI is InChI=1S/C13H23N3O4S/c1-21(19,20)16-7-3-2-4-11(16)13(18)15-8-5-10(6-9-15)12(14)17/h10-11H,2-9H2,1H3,(H2,14,17)/t11-/m1/s1. The maximum atomic E-state index is 12.6. The van der Waals surface area contributed by atoms with Crippen LogP contribution in [0.3, 0.4) is 0 Å². The zero-order chi connectivity index (χ0) is 15.6. The van der Waals surface area contributed by atoms with Crippen molar-refractivity contribution in [3.05, 3.63) is 0 Å². The number of carbonyl (C=O) groups is 2. The number of piperidine rings is 2. The summed E-state index contributed by atoms with van der Waals surface area (Å²) in [6, 6.07) is -0.584. The largest absolute Gasteiger partial charge is 0.369 e. The highest BCUT2D eigenvalue weighted by atomic mass is 32.2. The van der Waals surface area contributed by atoms with Gasteiger partial charge in [0.25, 0.3) is 0 Å². The van der Waals surface area contributed by atoms with Crippen LogP contribution in [0.15, 0.2) is 0 Å². The van der Waals surface area contributed by atoms with E-state index in [9.17, 15) is 18.0 Å². The lowest BCUT2D eigenvalue weighted by atomic mass is 9.95. The molecule has 1 atom stereocenters. The second kappa shape index (κ2) is 6.31. The Morgan fingerprint density at radius 1 is 1.05 bits per heavy atom. The number of rotatable bonds is 3. The van der Waals surface area contributed by atoms with Gasteiger partial charge in [0, 0.05) is 25.6 Å². The van der Waals surface area contributed by atoms with E-state index in [-0.39, 0.29) is 17.7 Å². The van der Waals surface area contributed by atoms with E-state index in [0.717, 1.165) is 19.1 Å². The van der Waals surface area contributed by atoms with Gasteiger partial charge in [-0.25, -0.2) is 8.42 Å². The quantitative estimate of drug-likeness (QED) is 0.760. The molecule has 0 spiro atoms. The van der Waals surface area contributed by atoms with Gasteiger partial charge in [-0.15, -0.1) is 0 Å². The summed E-state index contributed by atoms with van der Waals surface area (Å²) < 4.78 is 25.0. The molecule has 2 aliphatic rings. The fourth-order valence-corrected chi connectivity index (χ4v) is 4.26. The Hall–Kier alpha value is -1.15. The predicted octanol–water partition coefficient (Wildman–Crippen LogP) is -0.476. The highest BCUT2D eigenvalue weighted by molar-refractivity contribution is 7.88. The second-order valence-corrected chi connectivity index (χ2v) is 7.82. The number of nitrogens with two attached hydrogens (primary N) is 1. The summed E-state index contributed by atoms with van der Waals surface area (Å²) in [4.78, 5) is 25.4. The molecule has 2 amide bonds. The Morgan fingerprint density at radius 3 is 2.19 bits per heavy atom. The van der Waals surface area contributed by atoms with Gasteiger partial charge in [0.1, 0.15) is 6.04 Å². The van der Waals surface area contributed by atoms with Crippen LogP contribution < -0.4 is 5.73 Å². The third-order valence-electron chi connectivity index (χ3n) is 4.37. The molecule has 0 aliphatic carbocycles. The van der Waals surface area contributed by atoms with Gasteiger partial charge in [-0.3, -0.25) is 9.59 Å². The maximum Gasteiger partial charge on any atom is 0.241 e. The minimum absolute atomic E-state index is 0.136. The maximum absolute atomic E-state index is 12.6. The summed E-state index contributed by atoms with van der Waals surface area (Å²) in [5.74, 6) is -0.632. The van der Waals surface area contributed by atoms with E-state index in [1.165, 1.54) is 4.31 Å². The molecule has 2 rings (SSSR count). The number of nitrogens with zero attached hydrogens (tertiary/aromatic N) is 2. The number of primary amides is 1. The molecule has 0 aromatic carbocycles. The third-order valence-corrected chi connectivity index (χ3v) is 5.66. The summed E-state index contributed by atoms with van der Waals surface area (Å²) in [5.41, 5.74) is 5.28. The van der Waals surface area contributed by atoms with E-state index in [0.29, 0.717) is 38.9 Å². The Bertz CT molecular complexity index is 512. The molecule has 120 valence electrons. The fraction of sp³-hybridized carbons (Fsp3) is 0.846. The van der Waals surface area contributed by atoms with Crippen LogP contribution in [0, 0.1) is 5.92 Å². The zero-order valence-corrected chi connectivity index (χ0v) is 13.1. The van der Waals surface area contributed by atoms with Gasteiger partial charge in [0.15, 0.2) is 0 Å². The number of hydrogen-bond donors (Lipinski definition) is 1. The summed E-state index contributed by atoms with van der Waals surface area (Å²) in [6.45, 7) is 1.36. The van der Waals surface area contributed by atoms with Gasteiger partial charge in [-0.05, 0) is 25.7 Å². The topological polar surface area (TPSA) is 101 Å². The lowest BCUT2D eigenvalue weighted by molar-refractivity contribution is -0.139. The predicted molar refractivity (Wildman–Crippen MR) is 77.7 cm³/mol. The van der Waals surface area contributed by atoms with Crippen molar-refractivity contribution >= 4 is 21.8 Å². The number of hydrogen-bond acceptors (Lipinski definition) is 4. The average Bonchev–Trinajstić information content (AvgIpc) is 2.45. The summed E-state index contributed by atoms with van der Waals surface area (Å²) >= 11 is 0. The SMILES string of the molecule is CS(=O)(=O)N1CCCC[C@@H]1C(=O)N1CCC(C(N)=O)CC1. The molecule has 0 radical (unpaired) electrons. The van der Waals surface area contributed by atoms with Crippen LogP contribution >= 0.6 is 0 Å². The van der Waals surface area contributed by atoms with Crippen LogP contribution in [0.4, 0.5) is 0 Å². The van der Waals surface area contributed by atoms with Crippen LogP contribution in [0.2, 0.25) is 0 Å². The van der Waals surface area contributed by atoms with E-state index >= 15 is 0 Å². The molecule has 21 heavy (non-hydrogen) atoms. The molecule has 0 unspecified atom stereocenters. The summed E-state index contributed by atoms with van der Waals surface area (Å²) in [6.07, 6.45) is 4.50. The van der Waals surface area contributed by atoms with E-state index in [2.05, 4.69) is 0 Å². The Morgan fingerprint density at radius 2 is 1.67 bits per heavy atom. The Kier molecular flexibility index (Phi) is 4.88. The molecular formula is C13H23N3O4S. The van der Waals surface area contributed by atoms with Crippen LogP contribution in [-0.4, -0.2) is 61.4 Å². The monoisotopic (exact) mass is 317 g/mol. The molecule has 8 heteroatoms. The first-order valence-corrected chi connectivity index (χ1v) is 9.20. The van der Waals surface area contributed by atoms with Crippen molar-refractivity contribution in [3.8, 4) is 0 Å². The van der Waals surface area contributed by atoms with Gasteiger partial charge < -0.3 is 10.6 Å². The Balaban J connectivity index is 2.03. The summed E-state index contributed by atoms with van der Waals surface area (Å²) in [7, 11) is -3.37. The molecule has 0 saturated carbocycles. The average molecular weight is 317 g/mol. The number of amides is 2. The van der Waals surface area contributed by atoms with Gasteiger partial charge in [-0.2, -0.15) is 4.31 Å². The van der Waals surface area contributed by atoms with Crippen LogP contribution in [0.25, 0.3) is 0 Å². The first-order valence-electron chi connectivity index (χ1n) is 7.35. The van der Waals surface area contributed by atoms with E-state index in [1.54, 1.807) is 4.90 Å². The van der Waals surface area contributed by atoms with E-state index < -0.39 is 16.1 Å². The van der Waals surface area contributed by atoms with E-state index in [1.807, 2.05) is 0 Å². The molecule has 0 aromatic heterocycles. The summed E-state index contributed by atoms with van der Waals surface area (Å²) in [5, 5.41) is 0.